The predicted octanol–water partition coefficient (Wildman–Crippen LogP) is 3.84. The summed E-state index contributed by atoms with van der Waals surface area (Å²) in [6.45, 7) is 5.89. The topological polar surface area (TPSA) is 58.6 Å². The summed E-state index contributed by atoms with van der Waals surface area (Å²) in [6, 6.07) is 16.6. The second-order valence-corrected chi connectivity index (χ2v) is 5.49. The molecule has 2 aromatic rings. The van der Waals surface area contributed by atoms with Crippen molar-refractivity contribution < 1.29 is 14.3 Å². The largest absolute Gasteiger partial charge is 0.457 e. The van der Waals surface area contributed by atoms with Crippen LogP contribution in [0.25, 0.3) is 0 Å². The molecule has 2 aromatic carbocycles. The SMILES string of the molecule is C=CCN(CCC(=O)Nc1ccc(Oc2ccccc2)cc1)C(C)=O. The quantitative estimate of drug-likeness (QED) is 0.744. The number of amides is 2. The average molecular weight is 338 g/mol. The predicted molar refractivity (Wildman–Crippen MR) is 98.7 cm³/mol. The van der Waals surface area contributed by atoms with Crippen molar-refractivity contribution in [1.29, 1.82) is 0 Å². The molecule has 0 atom stereocenters. The monoisotopic (exact) mass is 338 g/mol. The smallest absolute Gasteiger partial charge is 0.226 e. The Labute approximate surface area is 147 Å². The summed E-state index contributed by atoms with van der Waals surface area (Å²) < 4.78 is 5.70. The van der Waals surface area contributed by atoms with E-state index in [1.807, 2.05) is 30.3 Å². The number of anilines is 1. The van der Waals surface area contributed by atoms with E-state index in [0.717, 1.165) is 5.75 Å². The summed E-state index contributed by atoms with van der Waals surface area (Å²) in [4.78, 5) is 25.0. The van der Waals surface area contributed by atoms with Gasteiger partial charge in [0.05, 0.1) is 0 Å². The third-order valence-corrected chi connectivity index (χ3v) is 3.52. The Morgan fingerprint density at radius 2 is 1.72 bits per heavy atom. The first-order valence-corrected chi connectivity index (χ1v) is 8.07. The first-order valence-electron chi connectivity index (χ1n) is 8.07. The van der Waals surface area contributed by atoms with Gasteiger partial charge in [0.25, 0.3) is 0 Å². The van der Waals surface area contributed by atoms with Crippen molar-refractivity contribution in [1.82, 2.24) is 4.90 Å². The van der Waals surface area contributed by atoms with E-state index < -0.39 is 0 Å². The lowest BCUT2D eigenvalue weighted by Gasteiger charge is -2.18. The van der Waals surface area contributed by atoms with E-state index in [0.29, 0.717) is 24.5 Å². The number of nitrogens with zero attached hydrogens (tertiary/aromatic N) is 1. The molecule has 130 valence electrons. The van der Waals surface area contributed by atoms with Gasteiger partial charge in [0.15, 0.2) is 0 Å². The Balaban J connectivity index is 1.84. The maximum Gasteiger partial charge on any atom is 0.226 e. The maximum absolute atomic E-state index is 12.0. The average Bonchev–Trinajstić information content (AvgIpc) is 2.61. The van der Waals surface area contributed by atoms with Gasteiger partial charge in [0.2, 0.25) is 11.8 Å². The molecule has 0 heterocycles. The van der Waals surface area contributed by atoms with Crippen molar-refractivity contribution in [3.05, 3.63) is 67.3 Å². The fraction of sp³-hybridized carbons (Fsp3) is 0.200. The third kappa shape index (κ3) is 6.14. The van der Waals surface area contributed by atoms with Gasteiger partial charge in [-0.2, -0.15) is 0 Å². The summed E-state index contributed by atoms with van der Waals surface area (Å²) in [7, 11) is 0. The summed E-state index contributed by atoms with van der Waals surface area (Å²) in [6.07, 6.45) is 1.88. The molecule has 0 radical (unpaired) electrons. The molecule has 0 spiro atoms. The molecular weight excluding hydrogens is 316 g/mol. The lowest BCUT2D eigenvalue weighted by molar-refractivity contribution is -0.128. The van der Waals surface area contributed by atoms with Crippen LogP contribution >= 0.6 is 0 Å². The first-order chi connectivity index (χ1) is 12.1. The van der Waals surface area contributed by atoms with E-state index >= 15 is 0 Å². The molecule has 2 rings (SSSR count). The summed E-state index contributed by atoms with van der Waals surface area (Å²) in [5, 5.41) is 2.81. The van der Waals surface area contributed by atoms with Gasteiger partial charge in [-0.05, 0) is 36.4 Å². The number of para-hydroxylation sites is 1. The molecule has 0 fully saturated rings. The Kier molecular flexibility index (Phi) is 6.77. The molecule has 5 heteroatoms. The molecule has 1 N–H and O–H groups in total. The molecule has 0 bridgehead atoms. The van der Waals surface area contributed by atoms with Crippen LogP contribution in [-0.2, 0) is 9.59 Å². The molecule has 0 aliphatic heterocycles. The van der Waals surface area contributed by atoms with Crippen LogP contribution in [0.3, 0.4) is 0 Å². The minimum atomic E-state index is -0.146. The number of benzene rings is 2. The number of carbonyl (C=O) groups is 2. The minimum Gasteiger partial charge on any atom is -0.457 e. The van der Waals surface area contributed by atoms with E-state index in [9.17, 15) is 9.59 Å². The zero-order valence-electron chi connectivity index (χ0n) is 14.3. The third-order valence-electron chi connectivity index (χ3n) is 3.52. The van der Waals surface area contributed by atoms with Crippen molar-refractivity contribution >= 4 is 17.5 Å². The van der Waals surface area contributed by atoms with Crippen LogP contribution in [0, 0.1) is 0 Å². The standard InChI is InChI=1S/C20H22N2O3/c1-3-14-22(16(2)23)15-13-20(24)21-17-9-11-19(12-10-17)25-18-7-5-4-6-8-18/h3-12H,1,13-15H2,2H3,(H,21,24). The second-order valence-electron chi connectivity index (χ2n) is 5.49. The fourth-order valence-electron chi connectivity index (χ4n) is 2.22. The summed E-state index contributed by atoms with van der Waals surface area (Å²) in [5.41, 5.74) is 0.684. The van der Waals surface area contributed by atoms with Gasteiger partial charge >= 0.3 is 0 Å². The summed E-state index contributed by atoms with van der Waals surface area (Å²) in [5.74, 6) is 1.23. The number of carbonyl (C=O) groups excluding carboxylic acids is 2. The number of rotatable bonds is 8. The number of nitrogens with one attached hydrogen (secondary N) is 1. The first kappa shape index (κ1) is 18.3. The van der Waals surface area contributed by atoms with Crippen LogP contribution in [0.5, 0.6) is 11.5 Å². The molecule has 0 unspecified atom stereocenters. The molecule has 2 amide bonds. The minimum absolute atomic E-state index is 0.0740. The van der Waals surface area contributed by atoms with Gasteiger partial charge in [-0.25, -0.2) is 0 Å². The van der Waals surface area contributed by atoms with Gasteiger partial charge < -0.3 is 15.0 Å². The maximum atomic E-state index is 12.0. The van der Waals surface area contributed by atoms with E-state index in [4.69, 9.17) is 4.74 Å². The molecule has 0 saturated carbocycles. The van der Waals surface area contributed by atoms with Gasteiger partial charge in [-0.3, -0.25) is 9.59 Å². The van der Waals surface area contributed by atoms with E-state index in [1.54, 1.807) is 35.2 Å². The highest BCUT2D eigenvalue weighted by Crippen LogP contribution is 2.22. The van der Waals surface area contributed by atoms with Crippen LogP contribution in [-0.4, -0.2) is 29.8 Å². The highest BCUT2D eigenvalue weighted by Gasteiger charge is 2.10. The molecule has 5 nitrogen and oxygen atoms in total. The number of ether oxygens (including phenoxy) is 1. The Hall–Kier alpha value is -3.08. The highest BCUT2D eigenvalue weighted by atomic mass is 16.5. The zero-order valence-corrected chi connectivity index (χ0v) is 14.3. The number of hydrogen-bond donors (Lipinski definition) is 1. The van der Waals surface area contributed by atoms with Gasteiger partial charge in [0, 0.05) is 32.1 Å². The molecule has 0 aliphatic rings. The lowest BCUT2D eigenvalue weighted by Crippen LogP contribution is -2.32. The second kappa shape index (κ2) is 9.27. The number of hydrogen-bond acceptors (Lipinski definition) is 3. The van der Waals surface area contributed by atoms with Crippen molar-refractivity contribution in [3.63, 3.8) is 0 Å². The zero-order chi connectivity index (χ0) is 18.1. The van der Waals surface area contributed by atoms with E-state index in [1.165, 1.54) is 6.92 Å². The molecular formula is C20H22N2O3. The van der Waals surface area contributed by atoms with Gasteiger partial charge in [0.1, 0.15) is 11.5 Å². The van der Waals surface area contributed by atoms with Gasteiger partial charge in [-0.1, -0.05) is 24.3 Å². The van der Waals surface area contributed by atoms with Crippen LogP contribution < -0.4 is 10.1 Å². The van der Waals surface area contributed by atoms with Crippen molar-refractivity contribution in [2.75, 3.05) is 18.4 Å². The van der Waals surface area contributed by atoms with E-state index in [-0.39, 0.29) is 18.2 Å². The fourth-order valence-corrected chi connectivity index (χ4v) is 2.22. The summed E-state index contributed by atoms with van der Waals surface area (Å²) >= 11 is 0. The van der Waals surface area contributed by atoms with Crippen molar-refractivity contribution in [2.24, 2.45) is 0 Å². The highest BCUT2D eigenvalue weighted by molar-refractivity contribution is 5.91. The molecule has 25 heavy (non-hydrogen) atoms. The molecule has 0 aliphatic carbocycles. The Morgan fingerprint density at radius 3 is 2.32 bits per heavy atom. The van der Waals surface area contributed by atoms with Crippen molar-refractivity contribution in [2.45, 2.75) is 13.3 Å². The van der Waals surface area contributed by atoms with Crippen LogP contribution in [0.1, 0.15) is 13.3 Å². The lowest BCUT2D eigenvalue weighted by atomic mass is 10.2. The normalized spacial score (nSPS) is 9.96. The van der Waals surface area contributed by atoms with Crippen LogP contribution in [0.4, 0.5) is 5.69 Å². The molecule has 0 aromatic heterocycles. The van der Waals surface area contributed by atoms with Gasteiger partial charge in [-0.15, -0.1) is 6.58 Å². The van der Waals surface area contributed by atoms with E-state index in [2.05, 4.69) is 11.9 Å². The molecule has 0 saturated heterocycles. The Morgan fingerprint density at radius 1 is 1.08 bits per heavy atom. The Bertz CT molecular complexity index is 711. The van der Waals surface area contributed by atoms with Crippen LogP contribution in [0.2, 0.25) is 0 Å². The van der Waals surface area contributed by atoms with Crippen molar-refractivity contribution in [3.8, 4) is 11.5 Å². The van der Waals surface area contributed by atoms with Crippen LogP contribution in [0.15, 0.2) is 67.3 Å².